The van der Waals surface area contributed by atoms with Gasteiger partial charge in [0.25, 0.3) is 15.9 Å². The van der Waals surface area contributed by atoms with Crippen LogP contribution in [0.1, 0.15) is 21.7 Å². The van der Waals surface area contributed by atoms with Crippen molar-refractivity contribution < 1.29 is 18.0 Å². The molecule has 4 rings (SSSR count). The van der Waals surface area contributed by atoms with E-state index in [0.717, 1.165) is 5.69 Å². The third-order valence-electron chi connectivity index (χ3n) is 4.76. The van der Waals surface area contributed by atoms with Crippen LogP contribution in [0.25, 0.3) is 5.69 Å². The highest BCUT2D eigenvalue weighted by atomic mass is 32.2. The summed E-state index contributed by atoms with van der Waals surface area (Å²) >= 11 is 0. The van der Waals surface area contributed by atoms with Crippen molar-refractivity contribution in [3.05, 3.63) is 71.5 Å². The molecular formula is C20H18N4O4S. The van der Waals surface area contributed by atoms with Crippen LogP contribution in [0.15, 0.2) is 59.5 Å². The first-order valence-electron chi connectivity index (χ1n) is 8.88. The van der Waals surface area contributed by atoms with E-state index in [1.165, 1.54) is 18.2 Å². The lowest BCUT2D eigenvalue weighted by Crippen LogP contribution is -2.37. The number of para-hydroxylation sites is 1. The van der Waals surface area contributed by atoms with Crippen LogP contribution in [-0.4, -0.2) is 40.9 Å². The lowest BCUT2D eigenvalue weighted by atomic mass is 10.2. The van der Waals surface area contributed by atoms with Crippen LogP contribution >= 0.6 is 0 Å². The lowest BCUT2D eigenvalue weighted by Gasteiger charge is -2.15. The average Bonchev–Trinajstić information content (AvgIpc) is 3.09. The fraction of sp³-hybridized carbons (Fsp3) is 0.150. The molecule has 0 aliphatic carbocycles. The summed E-state index contributed by atoms with van der Waals surface area (Å²) in [6, 6.07) is 15.3. The van der Waals surface area contributed by atoms with Gasteiger partial charge in [0.05, 0.1) is 28.3 Å². The van der Waals surface area contributed by atoms with Crippen molar-refractivity contribution in [1.29, 1.82) is 0 Å². The zero-order chi connectivity index (χ0) is 20.8. The van der Waals surface area contributed by atoms with Gasteiger partial charge in [-0.25, -0.2) is 17.4 Å². The third kappa shape index (κ3) is 3.09. The molecule has 0 unspecified atom stereocenters. The number of sulfonamides is 1. The van der Waals surface area contributed by atoms with Crippen molar-refractivity contribution in [3.63, 3.8) is 0 Å². The Bertz CT molecular complexity index is 1230. The van der Waals surface area contributed by atoms with Crippen LogP contribution < -0.4 is 5.32 Å². The number of fused-ring (bicyclic) bond motifs is 1. The number of rotatable bonds is 4. The Kier molecular flexibility index (Phi) is 4.46. The molecule has 1 N–H and O–H groups in total. The van der Waals surface area contributed by atoms with E-state index in [-0.39, 0.29) is 10.5 Å². The first kappa shape index (κ1) is 18.9. The molecule has 0 atom stereocenters. The van der Waals surface area contributed by atoms with Gasteiger partial charge in [-0.2, -0.15) is 5.10 Å². The van der Waals surface area contributed by atoms with Crippen molar-refractivity contribution in [3.8, 4) is 5.69 Å². The van der Waals surface area contributed by atoms with Crippen LogP contribution in [0.3, 0.4) is 0 Å². The molecule has 2 amide bonds. The Morgan fingerprint density at radius 2 is 1.69 bits per heavy atom. The summed E-state index contributed by atoms with van der Waals surface area (Å²) in [5, 5.41) is 7.14. The maximum absolute atomic E-state index is 12.6. The number of hydrogen-bond donors (Lipinski definition) is 1. The number of aryl methyl sites for hydroxylation is 1. The van der Waals surface area contributed by atoms with E-state index in [2.05, 4.69) is 10.4 Å². The number of aromatic nitrogens is 2. The molecule has 1 aliphatic rings. The molecule has 2 aromatic carbocycles. The van der Waals surface area contributed by atoms with Crippen LogP contribution in [0.2, 0.25) is 0 Å². The van der Waals surface area contributed by atoms with E-state index in [4.69, 9.17) is 0 Å². The summed E-state index contributed by atoms with van der Waals surface area (Å²) in [5.41, 5.74) is 2.67. The largest absolute Gasteiger partial charge is 0.321 e. The van der Waals surface area contributed by atoms with Gasteiger partial charge in [-0.3, -0.25) is 9.59 Å². The number of nitrogens with one attached hydrogen (secondary N) is 1. The minimum atomic E-state index is -4.04. The number of amides is 2. The summed E-state index contributed by atoms with van der Waals surface area (Å²) in [6.07, 6.45) is 0. The molecule has 148 valence electrons. The molecule has 0 radical (unpaired) electrons. The van der Waals surface area contributed by atoms with Crippen LogP contribution in [0.4, 0.5) is 5.69 Å². The number of hydrogen-bond acceptors (Lipinski definition) is 5. The molecule has 29 heavy (non-hydrogen) atoms. The minimum Gasteiger partial charge on any atom is -0.321 e. The number of benzene rings is 2. The summed E-state index contributed by atoms with van der Waals surface area (Å²) < 4.78 is 27.5. The highest BCUT2D eigenvalue weighted by Gasteiger charge is 2.41. The molecule has 8 nitrogen and oxygen atoms in total. The van der Waals surface area contributed by atoms with E-state index in [9.17, 15) is 18.0 Å². The van der Waals surface area contributed by atoms with E-state index in [1.54, 1.807) is 24.6 Å². The molecule has 9 heteroatoms. The number of carbonyl (C=O) groups is 2. The number of anilines is 1. The average molecular weight is 410 g/mol. The standard InChI is InChI=1S/C20H18N4O4S/c1-13-19(14(2)24(22-13)15-8-4-3-5-9-15)21-18(25)12-23-20(26)16-10-6-7-11-17(16)29(23,27)28/h3-11H,12H2,1-2H3,(H,21,25). The fourth-order valence-corrected chi connectivity index (χ4v) is 4.87. The van der Waals surface area contributed by atoms with Crippen molar-refractivity contribution in [2.24, 2.45) is 0 Å². The zero-order valence-corrected chi connectivity index (χ0v) is 16.6. The predicted molar refractivity (Wildman–Crippen MR) is 106 cm³/mol. The molecule has 3 aromatic rings. The highest BCUT2D eigenvalue weighted by Crippen LogP contribution is 2.30. The van der Waals surface area contributed by atoms with Crippen LogP contribution in [0, 0.1) is 13.8 Å². The van der Waals surface area contributed by atoms with Gasteiger partial charge in [-0.15, -0.1) is 0 Å². The minimum absolute atomic E-state index is 0.0737. The fourth-order valence-electron chi connectivity index (χ4n) is 3.34. The van der Waals surface area contributed by atoms with Crippen molar-refractivity contribution in [1.82, 2.24) is 14.1 Å². The number of nitrogens with zero attached hydrogens (tertiary/aromatic N) is 3. The second kappa shape index (κ2) is 6.85. The molecule has 1 aromatic heterocycles. The third-order valence-corrected chi connectivity index (χ3v) is 6.54. The van der Waals surface area contributed by atoms with Gasteiger partial charge in [0, 0.05) is 0 Å². The summed E-state index contributed by atoms with van der Waals surface area (Å²) in [7, 11) is -4.04. The molecule has 0 spiro atoms. The van der Waals surface area contributed by atoms with Gasteiger partial charge >= 0.3 is 0 Å². The predicted octanol–water partition coefficient (Wildman–Crippen LogP) is 2.27. The first-order valence-corrected chi connectivity index (χ1v) is 10.3. The maximum Gasteiger partial charge on any atom is 0.269 e. The Morgan fingerprint density at radius 3 is 2.38 bits per heavy atom. The Balaban J connectivity index is 1.58. The normalized spacial score (nSPS) is 14.7. The number of carbonyl (C=O) groups excluding carboxylic acids is 2. The quantitative estimate of drug-likeness (QED) is 0.711. The SMILES string of the molecule is Cc1nn(-c2ccccc2)c(C)c1NC(=O)CN1C(=O)c2ccccc2S1(=O)=O. The molecule has 0 saturated heterocycles. The molecule has 0 bridgehead atoms. The van der Waals surface area contributed by atoms with Crippen LogP contribution in [-0.2, 0) is 14.8 Å². The van der Waals surface area contributed by atoms with E-state index < -0.39 is 28.4 Å². The zero-order valence-electron chi connectivity index (χ0n) is 15.8. The van der Waals surface area contributed by atoms with Crippen molar-refractivity contribution in [2.75, 3.05) is 11.9 Å². The van der Waals surface area contributed by atoms with E-state index in [1.807, 2.05) is 30.3 Å². The monoisotopic (exact) mass is 410 g/mol. The Morgan fingerprint density at radius 1 is 1.03 bits per heavy atom. The van der Waals surface area contributed by atoms with Gasteiger partial charge in [-0.1, -0.05) is 30.3 Å². The maximum atomic E-state index is 12.6. The Hall–Kier alpha value is -3.46. The first-order chi connectivity index (χ1) is 13.8. The summed E-state index contributed by atoms with van der Waals surface area (Å²) in [4.78, 5) is 25.0. The molecule has 2 heterocycles. The molecule has 0 fully saturated rings. The topological polar surface area (TPSA) is 101 Å². The second-order valence-corrected chi connectivity index (χ2v) is 8.49. The molecule has 1 aliphatic heterocycles. The molecule has 0 saturated carbocycles. The smallest absolute Gasteiger partial charge is 0.269 e. The van der Waals surface area contributed by atoms with Crippen molar-refractivity contribution in [2.45, 2.75) is 18.7 Å². The van der Waals surface area contributed by atoms with Crippen molar-refractivity contribution >= 4 is 27.5 Å². The van der Waals surface area contributed by atoms with Crippen LogP contribution in [0.5, 0.6) is 0 Å². The van der Waals surface area contributed by atoms with Gasteiger partial charge in [0.15, 0.2) is 0 Å². The van der Waals surface area contributed by atoms with E-state index >= 15 is 0 Å². The second-order valence-electron chi connectivity index (χ2n) is 6.65. The molecular weight excluding hydrogens is 392 g/mol. The van der Waals surface area contributed by atoms with Gasteiger partial charge < -0.3 is 5.32 Å². The highest BCUT2D eigenvalue weighted by molar-refractivity contribution is 7.90. The van der Waals surface area contributed by atoms with Gasteiger partial charge in [-0.05, 0) is 38.1 Å². The summed E-state index contributed by atoms with van der Waals surface area (Å²) in [5.74, 6) is -1.32. The lowest BCUT2D eigenvalue weighted by molar-refractivity contribution is -0.116. The Labute approximate surface area is 167 Å². The van der Waals surface area contributed by atoms with Gasteiger partial charge in [0.1, 0.15) is 11.4 Å². The summed E-state index contributed by atoms with van der Waals surface area (Å²) in [6.45, 7) is 2.94. The van der Waals surface area contributed by atoms with E-state index in [0.29, 0.717) is 21.4 Å². The van der Waals surface area contributed by atoms with Gasteiger partial charge in [0.2, 0.25) is 5.91 Å².